The lowest BCUT2D eigenvalue weighted by molar-refractivity contribution is -0.359. The summed E-state index contributed by atoms with van der Waals surface area (Å²) < 4.78 is 22.9. The minimum atomic E-state index is -1.79. The molecule has 0 bridgehead atoms. The zero-order valence-electron chi connectivity index (χ0n) is 57.4. The zero-order valence-corrected chi connectivity index (χ0v) is 57.4. The van der Waals surface area contributed by atoms with E-state index in [9.17, 15) is 45.6 Å². The molecule has 2 heterocycles. The first kappa shape index (κ1) is 83.8. The van der Waals surface area contributed by atoms with Crippen molar-refractivity contribution in [3.8, 4) is 0 Å². The Morgan fingerprint density at radius 1 is 0.411 bits per heavy atom. The summed E-state index contributed by atoms with van der Waals surface area (Å²) in [6.07, 6.45) is 64.3. The van der Waals surface area contributed by atoms with Crippen LogP contribution < -0.4 is 5.32 Å². The average molecular weight is 1270 g/mol. The zero-order chi connectivity index (χ0) is 65.2. The smallest absolute Gasteiger partial charge is 0.220 e. The van der Waals surface area contributed by atoms with Gasteiger partial charge in [0.1, 0.15) is 48.8 Å². The number of rotatable bonds is 62. The molecule has 2 fully saturated rings. The van der Waals surface area contributed by atoms with Gasteiger partial charge in [-0.2, -0.15) is 0 Å². The first-order valence-electron chi connectivity index (χ1n) is 37.5. The number of amides is 1. The summed E-state index contributed by atoms with van der Waals surface area (Å²) in [4.78, 5) is 13.4. The van der Waals surface area contributed by atoms with Crippen LogP contribution in [0.2, 0.25) is 0 Å². The topological polar surface area (TPSA) is 228 Å². The standard InChI is InChI=1S/C76H139NO13/c1-3-5-7-9-11-13-15-17-19-21-23-25-26-27-28-29-30-31-32-33-34-35-36-37-38-40-42-44-46-48-50-52-54-56-58-60-68(81)77-64(65(80)59-57-55-53-51-49-47-45-43-41-39-24-22-20-18-16-14-12-10-8-6-4-2)63-87-75-73(86)71(84)74(67(62-79)89-75)90-76-72(85)70(83)69(82)66(61-78)88-76/h5,7,11,13,17,19,23,25,57,59,64-67,69-76,78-80,82-86H,3-4,6,8-10,12,14-16,18,20-22,24,26-56,58,60-63H2,1-2H3,(H,77,81)/b7-5-,13-11-,19-17-,25-23-,59-57+. The van der Waals surface area contributed by atoms with Crippen LogP contribution in [0.1, 0.15) is 322 Å². The van der Waals surface area contributed by atoms with Crippen LogP contribution in [-0.2, 0) is 23.7 Å². The molecule has 9 N–H and O–H groups in total. The van der Waals surface area contributed by atoms with Crippen molar-refractivity contribution in [2.24, 2.45) is 0 Å². The van der Waals surface area contributed by atoms with Crippen LogP contribution in [0.15, 0.2) is 60.8 Å². The molecule has 12 atom stereocenters. The maximum atomic E-state index is 13.4. The second kappa shape index (κ2) is 60.4. The van der Waals surface area contributed by atoms with Crippen molar-refractivity contribution in [3.63, 3.8) is 0 Å². The summed E-state index contributed by atoms with van der Waals surface area (Å²) in [6.45, 7) is 2.73. The van der Waals surface area contributed by atoms with Crippen LogP contribution in [0.5, 0.6) is 0 Å². The van der Waals surface area contributed by atoms with Gasteiger partial charge < -0.3 is 65.1 Å². The number of nitrogens with one attached hydrogen (secondary N) is 1. The number of carbonyl (C=O) groups is 1. The quantitative estimate of drug-likeness (QED) is 0.0204. The van der Waals surface area contributed by atoms with Gasteiger partial charge in [0.15, 0.2) is 12.6 Å². The highest BCUT2D eigenvalue weighted by molar-refractivity contribution is 5.76. The molecule has 2 saturated heterocycles. The predicted octanol–water partition coefficient (Wildman–Crippen LogP) is 16.0. The number of aliphatic hydroxyl groups excluding tert-OH is 8. The predicted molar refractivity (Wildman–Crippen MR) is 369 cm³/mol. The Labute approximate surface area is 549 Å². The van der Waals surface area contributed by atoms with Crippen molar-refractivity contribution in [2.75, 3.05) is 19.8 Å². The molecule has 2 aliphatic heterocycles. The summed E-state index contributed by atoms with van der Waals surface area (Å²) in [5.74, 6) is -0.234. The largest absolute Gasteiger partial charge is 0.394 e. The molecular formula is C76H139NO13. The molecule has 526 valence electrons. The van der Waals surface area contributed by atoms with E-state index >= 15 is 0 Å². The van der Waals surface area contributed by atoms with Crippen LogP contribution in [-0.4, -0.2) is 140 Å². The van der Waals surface area contributed by atoms with E-state index < -0.39 is 86.8 Å². The van der Waals surface area contributed by atoms with Gasteiger partial charge in [0.2, 0.25) is 5.91 Å². The van der Waals surface area contributed by atoms with E-state index in [2.05, 4.69) is 67.8 Å². The van der Waals surface area contributed by atoms with Crippen molar-refractivity contribution in [1.82, 2.24) is 5.32 Å². The highest BCUT2D eigenvalue weighted by Gasteiger charge is 2.51. The van der Waals surface area contributed by atoms with Gasteiger partial charge in [-0.1, -0.05) is 319 Å². The third-order valence-electron chi connectivity index (χ3n) is 18.2. The van der Waals surface area contributed by atoms with Gasteiger partial charge in [-0.25, -0.2) is 0 Å². The van der Waals surface area contributed by atoms with Gasteiger partial charge in [-0.15, -0.1) is 0 Å². The second-order valence-electron chi connectivity index (χ2n) is 26.4. The van der Waals surface area contributed by atoms with Gasteiger partial charge in [-0.05, 0) is 57.8 Å². The fraction of sp³-hybridized carbons (Fsp3) is 0.855. The fourth-order valence-electron chi connectivity index (χ4n) is 12.3. The maximum absolute atomic E-state index is 13.4. The molecule has 0 aromatic carbocycles. The Balaban J connectivity index is 1.61. The third-order valence-corrected chi connectivity index (χ3v) is 18.2. The lowest BCUT2D eigenvalue weighted by atomic mass is 9.97. The number of ether oxygens (including phenoxy) is 4. The summed E-state index contributed by atoms with van der Waals surface area (Å²) in [7, 11) is 0. The first-order valence-corrected chi connectivity index (χ1v) is 37.5. The monoisotopic (exact) mass is 1270 g/mol. The molecule has 90 heavy (non-hydrogen) atoms. The molecule has 2 rings (SSSR count). The molecule has 0 aliphatic carbocycles. The van der Waals surface area contributed by atoms with E-state index in [0.29, 0.717) is 6.42 Å². The van der Waals surface area contributed by atoms with E-state index in [1.165, 1.54) is 231 Å². The number of hydrogen-bond acceptors (Lipinski definition) is 13. The Morgan fingerprint density at radius 3 is 1.18 bits per heavy atom. The van der Waals surface area contributed by atoms with Crippen LogP contribution in [0.3, 0.4) is 0 Å². The molecule has 1 amide bonds. The molecule has 0 radical (unpaired) electrons. The maximum Gasteiger partial charge on any atom is 0.220 e. The third kappa shape index (κ3) is 43.6. The number of allylic oxidation sites excluding steroid dienone is 9. The van der Waals surface area contributed by atoms with Crippen molar-refractivity contribution in [1.29, 1.82) is 0 Å². The van der Waals surface area contributed by atoms with Crippen LogP contribution >= 0.6 is 0 Å². The minimum absolute atomic E-state index is 0.234. The van der Waals surface area contributed by atoms with Gasteiger partial charge >= 0.3 is 0 Å². The van der Waals surface area contributed by atoms with Crippen molar-refractivity contribution in [3.05, 3.63) is 60.8 Å². The van der Waals surface area contributed by atoms with E-state index in [0.717, 1.165) is 64.2 Å². The summed E-state index contributed by atoms with van der Waals surface area (Å²) in [5.41, 5.74) is 0. The number of unbranched alkanes of at least 4 members (excludes halogenated alkanes) is 41. The Kier molecular flexibility index (Phi) is 56.2. The fourth-order valence-corrected chi connectivity index (χ4v) is 12.3. The lowest BCUT2D eigenvalue weighted by Gasteiger charge is -2.46. The van der Waals surface area contributed by atoms with Gasteiger partial charge in [0.25, 0.3) is 0 Å². The van der Waals surface area contributed by atoms with Crippen molar-refractivity contribution >= 4 is 5.91 Å². The van der Waals surface area contributed by atoms with Crippen molar-refractivity contribution in [2.45, 2.75) is 396 Å². The lowest BCUT2D eigenvalue weighted by Crippen LogP contribution is -2.65. The molecule has 2 aliphatic rings. The molecule has 14 heteroatoms. The highest BCUT2D eigenvalue weighted by atomic mass is 16.7. The van der Waals surface area contributed by atoms with Crippen molar-refractivity contribution < 1.29 is 64.6 Å². The highest BCUT2D eigenvalue weighted by Crippen LogP contribution is 2.30. The van der Waals surface area contributed by atoms with Crippen LogP contribution in [0.4, 0.5) is 0 Å². The van der Waals surface area contributed by atoms with Gasteiger partial charge in [0, 0.05) is 6.42 Å². The Hall–Kier alpha value is -2.31. The number of aliphatic hydroxyl groups is 8. The number of hydrogen-bond donors (Lipinski definition) is 9. The molecule has 0 aromatic rings. The Morgan fingerprint density at radius 2 is 0.767 bits per heavy atom. The average Bonchev–Trinajstić information content (AvgIpc) is 1.28. The summed E-state index contributed by atoms with van der Waals surface area (Å²) >= 11 is 0. The molecule has 0 aromatic heterocycles. The SMILES string of the molecule is CC/C=C\C/C=C\C/C=C\C/C=C\CCCCCCCCCCCCCCCCCCCCCCCCC(=O)NC(COC1OC(CO)C(OC2OC(CO)C(O)C(O)C2O)C(O)C1O)C(O)/C=C/CCCCCCCCCCCCCCCCCCCCC. The summed E-state index contributed by atoms with van der Waals surface area (Å²) in [6, 6.07) is -0.915. The number of carbonyl (C=O) groups excluding carboxylic acids is 1. The molecule has 12 unspecified atom stereocenters. The Bertz CT molecular complexity index is 1740. The van der Waals surface area contributed by atoms with E-state index in [1.54, 1.807) is 6.08 Å². The van der Waals surface area contributed by atoms with Gasteiger partial charge in [-0.3, -0.25) is 4.79 Å². The van der Waals surface area contributed by atoms with E-state index in [-0.39, 0.29) is 18.9 Å². The minimum Gasteiger partial charge on any atom is -0.394 e. The van der Waals surface area contributed by atoms with Crippen LogP contribution in [0, 0.1) is 0 Å². The molecule has 14 nitrogen and oxygen atoms in total. The normalized spacial score (nSPS) is 23.2. The first-order chi connectivity index (χ1) is 44.1. The van der Waals surface area contributed by atoms with Gasteiger partial charge in [0.05, 0.1) is 32.0 Å². The van der Waals surface area contributed by atoms with E-state index in [4.69, 9.17) is 18.9 Å². The molecule has 0 saturated carbocycles. The van der Waals surface area contributed by atoms with Crippen LogP contribution in [0.25, 0.3) is 0 Å². The molecular weight excluding hydrogens is 1130 g/mol. The molecule has 0 spiro atoms. The van der Waals surface area contributed by atoms with E-state index in [1.807, 2.05) is 6.08 Å². The summed E-state index contributed by atoms with van der Waals surface area (Å²) in [5, 5.41) is 87.5. The second-order valence-corrected chi connectivity index (χ2v) is 26.4.